The van der Waals surface area contributed by atoms with Crippen LogP contribution in [-0.2, 0) is 4.79 Å². The molecule has 0 heterocycles. The smallest absolute Gasteiger partial charge is 0.222 e. The van der Waals surface area contributed by atoms with Crippen LogP contribution in [0.3, 0.4) is 0 Å². The Morgan fingerprint density at radius 3 is 2.31 bits per heavy atom. The predicted octanol–water partition coefficient (Wildman–Crippen LogP) is 1.23. The van der Waals surface area contributed by atoms with E-state index in [9.17, 15) is 4.79 Å². The maximum Gasteiger partial charge on any atom is 0.222 e. The second-order valence-corrected chi connectivity index (χ2v) is 4.18. The largest absolute Gasteiger partial charge is 0.346 e. The van der Waals surface area contributed by atoms with E-state index in [0.29, 0.717) is 12.3 Å². The van der Waals surface area contributed by atoms with E-state index in [1.807, 2.05) is 14.0 Å². The van der Waals surface area contributed by atoms with Crippen LogP contribution in [0.1, 0.15) is 33.6 Å². The molecule has 1 amide bonds. The molecular formula is C10H22N2O. The molecule has 0 saturated heterocycles. The number of nitrogens with zero attached hydrogens (tertiary/aromatic N) is 1. The molecule has 0 aliphatic heterocycles. The van der Waals surface area contributed by atoms with Crippen molar-refractivity contribution in [1.29, 1.82) is 0 Å². The Kier molecular flexibility index (Phi) is 5.71. The summed E-state index contributed by atoms with van der Waals surface area (Å²) in [6.45, 7) is 6.97. The van der Waals surface area contributed by atoms with Crippen LogP contribution in [0.25, 0.3) is 0 Å². The van der Waals surface area contributed by atoms with Crippen molar-refractivity contribution in [3.63, 3.8) is 0 Å². The van der Waals surface area contributed by atoms with Crippen molar-refractivity contribution in [3.8, 4) is 0 Å². The van der Waals surface area contributed by atoms with Crippen molar-refractivity contribution in [2.75, 3.05) is 13.6 Å². The first-order valence-corrected chi connectivity index (χ1v) is 4.93. The van der Waals surface area contributed by atoms with Crippen molar-refractivity contribution in [3.05, 3.63) is 0 Å². The fraction of sp³-hybridized carbons (Fsp3) is 0.900. The van der Waals surface area contributed by atoms with Gasteiger partial charge >= 0.3 is 0 Å². The van der Waals surface area contributed by atoms with Gasteiger partial charge in [0.15, 0.2) is 0 Å². The van der Waals surface area contributed by atoms with Crippen molar-refractivity contribution in [2.24, 2.45) is 11.7 Å². The molecule has 0 aliphatic rings. The number of carbonyl (C=O) groups is 1. The van der Waals surface area contributed by atoms with E-state index in [1.165, 1.54) is 0 Å². The fourth-order valence-electron chi connectivity index (χ4n) is 1.19. The van der Waals surface area contributed by atoms with Crippen molar-refractivity contribution >= 4 is 5.91 Å². The summed E-state index contributed by atoms with van der Waals surface area (Å²) < 4.78 is 0. The quantitative estimate of drug-likeness (QED) is 0.702. The number of amides is 1. The van der Waals surface area contributed by atoms with Crippen LogP contribution in [0, 0.1) is 5.92 Å². The topological polar surface area (TPSA) is 46.3 Å². The molecule has 0 fully saturated rings. The molecule has 0 saturated carbocycles. The maximum atomic E-state index is 11.5. The van der Waals surface area contributed by atoms with Gasteiger partial charge in [-0.05, 0) is 19.3 Å². The molecule has 0 spiro atoms. The highest BCUT2D eigenvalue weighted by Gasteiger charge is 2.10. The summed E-state index contributed by atoms with van der Waals surface area (Å²) in [5, 5.41) is 0. The summed E-state index contributed by atoms with van der Waals surface area (Å²) >= 11 is 0. The molecule has 2 N–H and O–H groups in total. The summed E-state index contributed by atoms with van der Waals surface area (Å²) in [5.41, 5.74) is 5.57. The predicted molar refractivity (Wildman–Crippen MR) is 55.4 cm³/mol. The average molecular weight is 186 g/mol. The van der Waals surface area contributed by atoms with E-state index in [1.54, 1.807) is 4.90 Å². The minimum absolute atomic E-state index is 0.122. The Morgan fingerprint density at radius 1 is 1.38 bits per heavy atom. The van der Waals surface area contributed by atoms with E-state index >= 15 is 0 Å². The molecule has 78 valence electrons. The lowest BCUT2D eigenvalue weighted by Gasteiger charge is -2.19. The van der Waals surface area contributed by atoms with Crippen molar-refractivity contribution in [2.45, 2.75) is 39.7 Å². The molecule has 0 aromatic rings. The summed E-state index contributed by atoms with van der Waals surface area (Å²) in [6.07, 6.45) is 1.35. The van der Waals surface area contributed by atoms with Crippen LogP contribution in [0.4, 0.5) is 0 Å². The Labute approximate surface area is 81.3 Å². The van der Waals surface area contributed by atoms with E-state index < -0.39 is 0 Å². The molecule has 0 radical (unpaired) electrons. The highest BCUT2D eigenvalue weighted by Crippen LogP contribution is 2.01. The number of hydrogen-bond donors (Lipinski definition) is 1. The zero-order valence-corrected chi connectivity index (χ0v) is 9.21. The number of nitrogens with two attached hydrogens (primary N) is 1. The Morgan fingerprint density at radius 2 is 1.92 bits per heavy atom. The Bertz CT molecular complexity index is 155. The van der Waals surface area contributed by atoms with Gasteiger partial charge in [0.25, 0.3) is 0 Å². The number of rotatable bonds is 5. The summed E-state index contributed by atoms with van der Waals surface area (Å²) in [5.74, 6) is 0.732. The zero-order valence-electron chi connectivity index (χ0n) is 9.21. The van der Waals surface area contributed by atoms with Gasteiger partial charge in [-0.15, -0.1) is 0 Å². The Balaban J connectivity index is 3.69. The summed E-state index contributed by atoms with van der Waals surface area (Å²) in [7, 11) is 1.85. The minimum atomic E-state index is 0.122. The fourth-order valence-corrected chi connectivity index (χ4v) is 1.19. The van der Waals surface area contributed by atoms with Gasteiger partial charge < -0.3 is 10.6 Å². The highest BCUT2D eigenvalue weighted by atomic mass is 16.2. The summed E-state index contributed by atoms with van der Waals surface area (Å²) in [4.78, 5) is 13.2. The highest BCUT2D eigenvalue weighted by molar-refractivity contribution is 5.75. The van der Waals surface area contributed by atoms with Gasteiger partial charge in [-0.2, -0.15) is 0 Å². The third-order valence-electron chi connectivity index (χ3n) is 1.88. The van der Waals surface area contributed by atoms with Crippen molar-refractivity contribution < 1.29 is 4.79 Å². The van der Waals surface area contributed by atoms with Gasteiger partial charge in [0.1, 0.15) is 0 Å². The first-order valence-electron chi connectivity index (χ1n) is 4.93. The normalized spacial score (nSPS) is 13.1. The number of carbonyl (C=O) groups excluding carboxylic acids is 1. The molecule has 0 aromatic heterocycles. The van der Waals surface area contributed by atoms with E-state index in [2.05, 4.69) is 13.8 Å². The molecule has 0 rings (SSSR count). The van der Waals surface area contributed by atoms with E-state index in [0.717, 1.165) is 13.0 Å². The second kappa shape index (κ2) is 5.97. The second-order valence-electron chi connectivity index (χ2n) is 4.18. The molecule has 3 heteroatoms. The molecule has 13 heavy (non-hydrogen) atoms. The van der Waals surface area contributed by atoms with Crippen LogP contribution >= 0.6 is 0 Å². The molecular weight excluding hydrogens is 164 g/mol. The first-order chi connectivity index (χ1) is 5.93. The Hall–Kier alpha value is -0.570. The van der Waals surface area contributed by atoms with E-state index in [-0.39, 0.29) is 11.9 Å². The zero-order chi connectivity index (χ0) is 10.4. The van der Waals surface area contributed by atoms with Crippen molar-refractivity contribution in [1.82, 2.24) is 4.90 Å². The lowest BCUT2D eigenvalue weighted by atomic mass is 10.1. The lowest BCUT2D eigenvalue weighted by Crippen LogP contribution is -2.31. The number of hydrogen-bond acceptors (Lipinski definition) is 2. The molecule has 0 aromatic carbocycles. The SMILES string of the molecule is CC(C)CN(C)C(=O)CCC(C)N. The van der Waals surface area contributed by atoms with Gasteiger partial charge in [-0.3, -0.25) is 4.79 Å². The molecule has 3 nitrogen and oxygen atoms in total. The van der Waals surface area contributed by atoms with Crippen LogP contribution in [-0.4, -0.2) is 30.4 Å². The molecule has 1 unspecified atom stereocenters. The molecule has 0 aliphatic carbocycles. The van der Waals surface area contributed by atoms with Crippen LogP contribution in [0.5, 0.6) is 0 Å². The standard InChI is InChI=1S/C10H22N2O/c1-8(2)7-12(4)10(13)6-5-9(3)11/h8-9H,5-7,11H2,1-4H3. The monoisotopic (exact) mass is 186 g/mol. The lowest BCUT2D eigenvalue weighted by molar-refractivity contribution is -0.130. The maximum absolute atomic E-state index is 11.5. The molecule has 0 bridgehead atoms. The van der Waals surface area contributed by atoms with Crippen LogP contribution < -0.4 is 5.73 Å². The van der Waals surface area contributed by atoms with Gasteiger partial charge in [0, 0.05) is 26.1 Å². The van der Waals surface area contributed by atoms with Gasteiger partial charge in [-0.25, -0.2) is 0 Å². The van der Waals surface area contributed by atoms with Gasteiger partial charge in [0.05, 0.1) is 0 Å². The average Bonchev–Trinajstić information content (AvgIpc) is 1.98. The van der Waals surface area contributed by atoms with Crippen LogP contribution in [0.15, 0.2) is 0 Å². The third-order valence-corrected chi connectivity index (χ3v) is 1.88. The van der Waals surface area contributed by atoms with Gasteiger partial charge in [0.2, 0.25) is 5.91 Å². The molecule has 1 atom stereocenters. The first kappa shape index (κ1) is 12.4. The van der Waals surface area contributed by atoms with Gasteiger partial charge in [-0.1, -0.05) is 13.8 Å². The summed E-state index contributed by atoms with van der Waals surface area (Å²) in [6, 6.07) is 0.122. The third kappa shape index (κ3) is 6.58. The van der Waals surface area contributed by atoms with E-state index in [4.69, 9.17) is 5.73 Å². The van der Waals surface area contributed by atoms with Crippen LogP contribution in [0.2, 0.25) is 0 Å². The minimum Gasteiger partial charge on any atom is -0.346 e.